The number of rotatable bonds is 8. The molecule has 6 heteroatoms. The Hall–Kier alpha value is -1.42. The summed E-state index contributed by atoms with van der Waals surface area (Å²) in [4.78, 5) is 2.58. The molecular weight excluding hydrogens is 286 g/mol. The molecule has 0 unspecified atom stereocenters. The van der Waals surface area contributed by atoms with Gasteiger partial charge in [0.15, 0.2) is 9.84 Å². The maximum absolute atomic E-state index is 12.1. The molecule has 5 nitrogen and oxygen atoms in total. The van der Waals surface area contributed by atoms with Crippen LogP contribution in [0, 0.1) is 11.3 Å². The molecule has 0 heterocycles. The SMILES string of the molecule is CN(CCNCCS(=O)(=O)c1ccc(C#N)cc1)C1CC1. The van der Waals surface area contributed by atoms with Crippen molar-refractivity contribution < 1.29 is 8.42 Å². The van der Waals surface area contributed by atoms with E-state index in [1.165, 1.54) is 37.1 Å². The standard InChI is InChI=1S/C15H21N3O2S/c1-18(14-4-5-14)10-8-17-9-11-21(19,20)15-6-2-13(12-16)3-7-15/h2-3,6-7,14,17H,4-5,8-11H2,1H3. The van der Waals surface area contributed by atoms with E-state index in [2.05, 4.69) is 17.3 Å². The Morgan fingerprint density at radius 2 is 1.95 bits per heavy atom. The minimum Gasteiger partial charge on any atom is -0.314 e. The highest BCUT2D eigenvalue weighted by molar-refractivity contribution is 7.91. The molecule has 0 amide bonds. The van der Waals surface area contributed by atoms with Gasteiger partial charge in [-0.25, -0.2) is 8.42 Å². The third kappa shape index (κ3) is 4.81. The zero-order valence-corrected chi connectivity index (χ0v) is 13.1. The molecule has 21 heavy (non-hydrogen) atoms. The van der Waals surface area contributed by atoms with E-state index in [0.29, 0.717) is 12.1 Å². The van der Waals surface area contributed by atoms with E-state index in [1.54, 1.807) is 0 Å². The molecule has 0 bridgehead atoms. The van der Waals surface area contributed by atoms with E-state index in [-0.39, 0.29) is 10.6 Å². The Balaban J connectivity index is 1.74. The molecule has 1 aliphatic carbocycles. The summed E-state index contributed by atoms with van der Waals surface area (Å²) in [5.74, 6) is 0.0754. The van der Waals surface area contributed by atoms with Crippen LogP contribution in [0.5, 0.6) is 0 Å². The fraction of sp³-hybridized carbons (Fsp3) is 0.533. The lowest BCUT2D eigenvalue weighted by molar-refractivity contribution is 0.323. The number of sulfone groups is 1. The van der Waals surface area contributed by atoms with Gasteiger partial charge in [-0.05, 0) is 44.2 Å². The summed E-state index contributed by atoms with van der Waals surface area (Å²) >= 11 is 0. The minimum absolute atomic E-state index is 0.0754. The lowest BCUT2D eigenvalue weighted by Crippen LogP contribution is -2.33. The van der Waals surface area contributed by atoms with Crippen molar-refractivity contribution in [2.75, 3.05) is 32.4 Å². The lowest BCUT2D eigenvalue weighted by atomic mass is 10.2. The van der Waals surface area contributed by atoms with E-state index in [9.17, 15) is 8.42 Å². The zero-order valence-electron chi connectivity index (χ0n) is 12.2. The Labute approximate surface area is 126 Å². The van der Waals surface area contributed by atoms with Gasteiger partial charge in [0.05, 0.1) is 22.3 Å². The van der Waals surface area contributed by atoms with Crippen LogP contribution in [0.25, 0.3) is 0 Å². The molecule has 0 saturated heterocycles. The highest BCUT2D eigenvalue weighted by atomic mass is 32.2. The van der Waals surface area contributed by atoms with Crippen LogP contribution in [0.3, 0.4) is 0 Å². The molecule has 0 atom stereocenters. The first kappa shape index (κ1) is 16.0. The molecule has 0 spiro atoms. The van der Waals surface area contributed by atoms with Crippen molar-refractivity contribution >= 4 is 9.84 Å². The Morgan fingerprint density at radius 3 is 2.52 bits per heavy atom. The monoisotopic (exact) mass is 307 g/mol. The van der Waals surface area contributed by atoms with Crippen LogP contribution in [-0.2, 0) is 9.84 Å². The van der Waals surface area contributed by atoms with Gasteiger partial charge in [0.1, 0.15) is 0 Å². The van der Waals surface area contributed by atoms with Gasteiger partial charge in [-0.2, -0.15) is 5.26 Å². The van der Waals surface area contributed by atoms with E-state index < -0.39 is 9.84 Å². The van der Waals surface area contributed by atoms with Crippen molar-refractivity contribution in [3.63, 3.8) is 0 Å². The zero-order chi connectivity index (χ0) is 15.3. The van der Waals surface area contributed by atoms with E-state index in [1.807, 2.05) is 6.07 Å². The van der Waals surface area contributed by atoms with Crippen molar-refractivity contribution in [1.29, 1.82) is 5.26 Å². The lowest BCUT2D eigenvalue weighted by Gasteiger charge is -2.15. The summed E-state index contributed by atoms with van der Waals surface area (Å²) in [5.41, 5.74) is 0.468. The molecule has 1 aromatic rings. The number of likely N-dealkylation sites (N-methyl/N-ethyl adjacent to an activating group) is 1. The maximum atomic E-state index is 12.1. The van der Waals surface area contributed by atoms with E-state index in [0.717, 1.165) is 19.1 Å². The molecule has 1 saturated carbocycles. The number of nitriles is 1. The largest absolute Gasteiger partial charge is 0.314 e. The van der Waals surface area contributed by atoms with Crippen LogP contribution in [0.1, 0.15) is 18.4 Å². The van der Waals surface area contributed by atoms with Crippen LogP contribution in [-0.4, -0.2) is 51.8 Å². The molecule has 0 aliphatic heterocycles. The molecule has 114 valence electrons. The molecule has 0 radical (unpaired) electrons. The van der Waals surface area contributed by atoms with Gasteiger partial charge < -0.3 is 10.2 Å². The minimum atomic E-state index is -3.28. The van der Waals surface area contributed by atoms with Crippen molar-refractivity contribution in [3.05, 3.63) is 29.8 Å². The van der Waals surface area contributed by atoms with Crippen molar-refractivity contribution in [1.82, 2.24) is 10.2 Å². The van der Waals surface area contributed by atoms with Gasteiger partial charge in [-0.15, -0.1) is 0 Å². The fourth-order valence-electron chi connectivity index (χ4n) is 2.14. The molecule has 2 rings (SSSR count). The van der Waals surface area contributed by atoms with Gasteiger partial charge >= 0.3 is 0 Å². The van der Waals surface area contributed by atoms with E-state index in [4.69, 9.17) is 5.26 Å². The first-order chi connectivity index (χ1) is 10.0. The van der Waals surface area contributed by atoms with Gasteiger partial charge in [-0.1, -0.05) is 0 Å². The number of nitrogens with zero attached hydrogens (tertiary/aromatic N) is 2. The first-order valence-electron chi connectivity index (χ1n) is 7.17. The quantitative estimate of drug-likeness (QED) is 0.726. The summed E-state index contributed by atoms with van der Waals surface area (Å²) < 4.78 is 24.2. The number of hydrogen-bond donors (Lipinski definition) is 1. The molecular formula is C15H21N3O2S. The predicted molar refractivity (Wildman–Crippen MR) is 81.7 cm³/mol. The summed E-state index contributed by atoms with van der Waals surface area (Å²) in [6, 6.07) is 8.76. The smallest absolute Gasteiger partial charge is 0.179 e. The highest BCUT2D eigenvalue weighted by Gasteiger charge is 2.25. The van der Waals surface area contributed by atoms with Gasteiger partial charge in [0.25, 0.3) is 0 Å². The average molecular weight is 307 g/mol. The van der Waals surface area contributed by atoms with Crippen LogP contribution >= 0.6 is 0 Å². The molecule has 1 N–H and O–H groups in total. The number of nitrogens with one attached hydrogen (secondary N) is 1. The van der Waals surface area contributed by atoms with Crippen LogP contribution < -0.4 is 5.32 Å². The van der Waals surface area contributed by atoms with Crippen LogP contribution in [0.15, 0.2) is 29.2 Å². The molecule has 1 fully saturated rings. The van der Waals surface area contributed by atoms with E-state index >= 15 is 0 Å². The summed E-state index contributed by atoms with van der Waals surface area (Å²) in [7, 11) is -1.17. The van der Waals surface area contributed by atoms with Gasteiger partial charge in [0, 0.05) is 25.7 Å². The molecule has 1 aliphatic rings. The van der Waals surface area contributed by atoms with Crippen molar-refractivity contribution in [3.8, 4) is 6.07 Å². The van der Waals surface area contributed by atoms with Crippen molar-refractivity contribution in [2.45, 2.75) is 23.8 Å². The highest BCUT2D eigenvalue weighted by Crippen LogP contribution is 2.24. The third-order valence-electron chi connectivity index (χ3n) is 3.70. The molecule has 1 aromatic carbocycles. The third-order valence-corrected chi connectivity index (χ3v) is 5.43. The van der Waals surface area contributed by atoms with Crippen LogP contribution in [0.4, 0.5) is 0 Å². The fourth-order valence-corrected chi connectivity index (χ4v) is 3.34. The Kier molecular flexibility index (Phi) is 5.34. The predicted octanol–water partition coefficient (Wildman–Crippen LogP) is 1.02. The van der Waals surface area contributed by atoms with Gasteiger partial charge in [-0.3, -0.25) is 0 Å². The summed E-state index contributed by atoms with van der Waals surface area (Å²) in [6.45, 7) is 2.19. The number of benzene rings is 1. The second kappa shape index (κ2) is 7.03. The topological polar surface area (TPSA) is 73.2 Å². The van der Waals surface area contributed by atoms with Gasteiger partial charge in [0.2, 0.25) is 0 Å². The maximum Gasteiger partial charge on any atom is 0.179 e. The first-order valence-corrected chi connectivity index (χ1v) is 8.82. The number of hydrogen-bond acceptors (Lipinski definition) is 5. The normalized spacial score (nSPS) is 15.1. The summed E-state index contributed by atoms with van der Waals surface area (Å²) in [5, 5.41) is 11.9. The second-order valence-corrected chi connectivity index (χ2v) is 7.53. The van der Waals surface area contributed by atoms with Crippen molar-refractivity contribution in [2.24, 2.45) is 0 Å². The second-order valence-electron chi connectivity index (χ2n) is 5.42. The molecule has 0 aromatic heterocycles. The Morgan fingerprint density at radius 1 is 1.29 bits per heavy atom. The van der Waals surface area contributed by atoms with Crippen LogP contribution in [0.2, 0.25) is 0 Å². The summed E-state index contributed by atoms with van der Waals surface area (Å²) in [6.07, 6.45) is 2.56. The average Bonchev–Trinajstić information content (AvgIpc) is 3.31. The Bertz CT molecular complexity index is 601.